The molecule has 1 aromatic rings. The molecular weight excluding hydrogens is 214 g/mol. The molecular formula is C14H27NS. The highest BCUT2D eigenvalue weighted by molar-refractivity contribution is 7.09. The largest absolute Gasteiger partial charge is 0.249 e. The standard InChI is InChI=1S/C8H13NS.C6H14/c1-3-7(4-2)8-9-5-6-10-8;1-4-6(3)5-2/h5-7H,3-4H2,1-2H3;6H,4-5H2,1-3H3. The van der Waals surface area contributed by atoms with E-state index in [0.717, 1.165) is 5.92 Å². The molecule has 0 saturated heterocycles. The van der Waals surface area contributed by atoms with Gasteiger partial charge in [-0.15, -0.1) is 11.3 Å². The van der Waals surface area contributed by atoms with E-state index in [1.54, 1.807) is 11.3 Å². The monoisotopic (exact) mass is 241 g/mol. The van der Waals surface area contributed by atoms with E-state index in [9.17, 15) is 0 Å². The fraction of sp³-hybridized carbons (Fsp3) is 0.786. The van der Waals surface area contributed by atoms with Crippen LogP contribution in [-0.4, -0.2) is 4.98 Å². The van der Waals surface area contributed by atoms with Gasteiger partial charge in [0.15, 0.2) is 0 Å². The molecule has 94 valence electrons. The van der Waals surface area contributed by atoms with Crippen molar-refractivity contribution in [2.75, 3.05) is 0 Å². The normalized spacial score (nSPS) is 10.4. The van der Waals surface area contributed by atoms with Gasteiger partial charge in [-0.25, -0.2) is 4.98 Å². The third-order valence-corrected chi connectivity index (χ3v) is 4.12. The van der Waals surface area contributed by atoms with Gasteiger partial charge in [0.25, 0.3) is 0 Å². The molecule has 0 aliphatic rings. The molecule has 0 atom stereocenters. The lowest BCUT2D eigenvalue weighted by Gasteiger charge is -2.06. The van der Waals surface area contributed by atoms with Gasteiger partial charge in [-0.1, -0.05) is 47.5 Å². The molecule has 1 rings (SSSR count). The van der Waals surface area contributed by atoms with Crippen LogP contribution in [-0.2, 0) is 0 Å². The van der Waals surface area contributed by atoms with Gasteiger partial charge in [0.2, 0.25) is 0 Å². The molecule has 0 fully saturated rings. The zero-order chi connectivity index (χ0) is 12.4. The van der Waals surface area contributed by atoms with Gasteiger partial charge < -0.3 is 0 Å². The van der Waals surface area contributed by atoms with E-state index in [0.29, 0.717) is 5.92 Å². The van der Waals surface area contributed by atoms with E-state index in [1.165, 1.54) is 30.7 Å². The van der Waals surface area contributed by atoms with Crippen molar-refractivity contribution in [1.82, 2.24) is 4.98 Å². The van der Waals surface area contributed by atoms with Crippen LogP contribution in [0.5, 0.6) is 0 Å². The Morgan fingerprint density at radius 3 is 1.88 bits per heavy atom. The third kappa shape index (κ3) is 6.26. The minimum absolute atomic E-state index is 0.694. The van der Waals surface area contributed by atoms with Gasteiger partial charge in [0.1, 0.15) is 0 Å². The first-order valence-corrected chi connectivity index (χ1v) is 7.46. The summed E-state index contributed by atoms with van der Waals surface area (Å²) in [4.78, 5) is 4.28. The van der Waals surface area contributed by atoms with Gasteiger partial charge in [-0.2, -0.15) is 0 Å². The topological polar surface area (TPSA) is 12.9 Å². The number of rotatable bonds is 5. The molecule has 0 aliphatic carbocycles. The minimum Gasteiger partial charge on any atom is -0.249 e. The lowest BCUT2D eigenvalue weighted by Crippen LogP contribution is -1.92. The third-order valence-electron chi connectivity index (χ3n) is 3.18. The maximum absolute atomic E-state index is 4.28. The Labute approximate surface area is 105 Å². The molecule has 1 aromatic heterocycles. The maximum atomic E-state index is 4.28. The van der Waals surface area contributed by atoms with Crippen molar-refractivity contribution >= 4 is 11.3 Å². The molecule has 0 radical (unpaired) electrons. The van der Waals surface area contributed by atoms with Gasteiger partial charge >= 0.3 is 0 Å². The summed E-state index contributed by atoms with van der Waals surface area (Å²) in [6.07, 6.45) is 6.97. The molecule has 0 bridgehead atoms. The number of thiazole rings is 1. The first-order valence-electron chi connectivity index (χ1n) is 6.58. The summed E-state index contributed by atoms with van der Waals surface area (Å²) in [6, 6.07) is 0. The fourth-order valence-corrected chi connectivity index (χ4v) is 2.27. The number of hydrogen-bond acceptors (Lipinski definition) is 2. The van der Waals surface area contributed by atoms with Crippen molar-refractivity contribution in [3.8, 4) is 0 Å². The van der Waals surface area contributed by atoms with Crippen LogP contribution in [0.2, 0.25) is 0 Å². The summed E-state index contributed by atoms with van der Waals surface area (Å²) in [5, 5.41) is 3.35. The van der Waals surface area contributed by atoms with Crippen molar-refractivity contribution in [3.05, 3.63) is 16.6 Å². The van der Waals surface area contributed by atoms with Crippen LogP contribution in [0.1, 0.15) is 71.2 Å². The molecule has 16 heavy (non-hydrogen) atoms. The van der Waals surface area contributed by atoms with Gasteiger partial charge in [0, 0.05) is 17.5 Å². The second-order valence-corrected chi connectivity index (χ2v) is 5.23. The summed E-state index contributed by atoms with van der Waals surface area (Å²) in [5.41, 5.74) is 0. The summed E-state index contributed by atoms with van der Waals surface area (Å²) in [5.74, 6) is 1.63. The summed E-state index contributed by atoms with van der Waals surface area (Å²) >= 11 is 1.77. The number of nitrogens with zero attached hydrogens (tertiary/aromatic N) is 1. The van der Waals surface area contributed by atoms with Gasteiger partial charge in [-0.05, 0) is 18.8 Å². The molecule has 0 aliphatic heterocycles. The summed E-state index contributed by atoms with van der Waals surface area (Å²) in [7, 11) is 0. The van der Waals surface area contributed by atoms with E-state index in [2.05, 4.69) is 39.6 Å². The molecule has 1 nitrogen and oxygen atoms in total. The predicted molar refractivity (Wildman–Crippen MR) is 75.2 cm³/mol. The zero-order valence-corrected chi connectivity index (χ0v) is 12.3. The second-order valence-electron chi connectivity index (χ2n) is 4.31. The van der Waals surface area contributed by atoms with E-state index < -0.39 is 0 Å². The van der Waals surface area contributed by atoms with Gasteiger partial charge in [-0.3, -0.25) is 0 Å². The quantitative estimate of drug-likeness (QED) is 0.664. The highest BCUT2D eigenvalue weighted by Gasteiger charge is 2.07. The fourth-order valence-electron chi connectivity index (χ4n) is 1.36. The maximum Gasteiger partial charge on any atom is 0.0955 e. The Morgan fingerprint density at radius 1 is 1.06 bits per heavy atom. The molecule has 2 heteroatoms. The number of aromatic nitrogens is 1. The van der Waals surface area contributed by atoms with Crippen molar-refractivity contribution in [2.45, 2.75) is 66.2 Å². The summed E-state index contributed by atoms with van der Waals surface area (Å²) in [6.45, 7) is 11.2. The Kier molecular flexibility index (Phi) is 9.60. The lowest BCUT2D eigenvalue weighted by atomic mass is 10.1. The predicted octanol–water partition coefficient (Wildman–Crippen LogP) is 5.49. The Bertz CT molecular complexity index is 223. The SMILES string of the molecule is CCC(C)CC.CCC(CC)c1nccs1. The molecule has 0 aromatic carbocycles. The van der Waals surface area contributed by atoms with E-state index in [1.807, 2.05) is 11.6 Å². The molecule has 1 heterocycles. The van der Waals surface area contributed by atoms with Crippen LogP contribution >= 0.6 is 11.3 Å². The van der Waals surface area contributed by atoms with Crippen molar-refractivity contribution < 1.29 is 0 Å². The molecule has 0 N–H and O–H groups in total. The zero-order valence-electron chi connectivity index (χ0n) is 11.5. The van der Waals surface area contributed by atoms with E-state index >= 15 is 0 Å². The second kappa shape index (κ2) is 9.83. The van der Waals surface area contributed by atoms with Crippen molar-refractivity contribution in [3.63, 3.8) is 0 Å². The number of hydrogen-bond donors (Lipinski definition) is 0. The highest BCUT2D eigenvalue weighted by Crippen LogP contribution is 2.23. The first-order chi connectivity index (χ1) is 7.69. The van der Waals surface area contributed by atoms with Crippen LogP contribution in [0.15, 0.2) is 11.6 Å². The Morgan fingerprint density at radius 2 is 1.62 bits per heavy atom. The molecule has 0 saturated carbocycles. The Balaban J connectivity index is 0.000000325. The summed E-state index contributed by atoms with van der Waals surface area (Å²) < 4.78 is 0. The average molecular weight is 241 g/mol. The highest BCUT2D eigenvalue weighted by atomic mass is 32.1. The van der Waals surface area contributed by atoms with Crippen LogP contribution in [0.25, 0.3) is 0 Å². The molecule has 0 amide bonds. The van der Waals surface area contributed by atoms with Crippen LogP contribution in [0, 0.1) is 5.92 Å². The lowest BCUT2D eigenvalue weighted by molar-refractivity contribution is 0.544. The average Bonchev–Trinajstić information content (AvgIpc) is 2.84. The van der Waals surface area contributed by atoms with Crippen molar-refractivity contribution in [1.29, 1.82) is 0 Å². The van der Waals surface area contributed by atoms with Gasteiger partial charge in [0.05, 0.1) is 5.01 Å². The molecule has 0 spiro atoms. The Hall–Kier alpha value is -0.370. The molecule has 0 unspecified atom stereocenters. The first kappa shape index (κ1) is 15.6. The van der Waals surface area contributed by atoms with E-state index in [4.69, 9.17) is 0 Å². The van der Waals surface area contributed by atoms with Crippen molar-refractivity contribution in [2.24, 2.45) is 5.92 Å². The van der Waals surface area contributed by atoms with E-state index in [-0.39, 0.29) is 0 Å². The van der Waals surface area contributed by atoms with Crippen LogP contribution in [0.3, 0.4) is 0 Å². The van der Waals surface area contributed by atoms with Crippen LogP contribution < -0.4 is 0 Å². The van der Waals surface area contributed by atoms with Crippen LogP contribution in [0.4, 0.5) is 0 Å². The minimum atomic E-state index is 0.694. The smallest absolute Gasteiger partial charge is 0.0955 e.